The van der Waals surface area contributed by atoms with Gasteiger partial charge in [-0.25, -0.2) is 8.78 Å². The molecule has 2 rings (SSSR count). The molecular formula is C14H14F2N2O. The number of rotatable bonds is 4. The summed E-state index contributed by atoms with van der Waals surface area (Å²) < 4.78 is 26.9. The number of hydrogen-bond donors (Lipinski definition) is 3. The first-order valence-corrected chi connectivity index (χ1v) is 5.79. The normalized spacial score (nSPS) is 12.2. The molecule has 0 heterocycles. The van der Waals surface area contributed by atoms with Crippen molar-refractivity contribution in [2.24, 2.45) is 0 Å². The molecule has 19 heavy (non-hydrogen) atoms. The third-order valence-corrected chi connectivity index (χ3v) is 2.83. The van der Waals surface area contributed by atoms with Gasteiger partial charge in [-0.15, -0.1) is 0 Å². The number of nitrogens with two attached hydrogens (primary N) is 1. The van der Waals surface area contributed by atoms with Crippen LogP contribution in [0.5, 0.6) is 0 Å². The smallest absolute Gasteiger partial charge is 0.183 e. The van der Waals surface area contributed by atoms with Gasteiger partial charge in [0.2, 0.25) is 0 Å². The summed E-state index contributed by atoms with van der Waals surface area (Å²) in [5.41, 5.74) is 6.33. The Balaban J connectivity index is 2.32. The molecule has 0 amide bonds. The van der Waals surface area contributed by atoms with Crippen molar-refractivity contribution in [3.05, 3.63) is 59.7 Å². The zero-order chi connectivity index (χ0) is 13.8. The molecule has 0 aliphatic carbocycles. The van der Waals surface area contributed by atoms with E-state index in [9.17, 15) is 13.9 Å². The van der Waals surface area contributed by atoms with Gasteiger partial charge in [0.15, 0.2) is 11.6 Å². The zero-order valence-corrected chi connectivity index (χ0v) is 10.1. The number of hydrogen-bond acceptors (Lipinski definition) is 3. The third kappa shape index (κ3) is 2.82. The first-order chi connectivity index (χ1) is 9.13. The molecular weight excluding hydrogens is 250 g/mol. The van der Waals surface area contributed by atoms with Crippen LogP contribution in [0.25, 0.3) is 0 Å². The predicted octanol–water partition coefficient (Wildman–Crippen LogP) is 2.69. The molecule has 0 bridgehead atoms. The highest BCUT2D eigenvalue weighted by molar-refractivity contribution is 5.67. The van der Waals surface area contributed by atoms with Crippen molar-refractivity contribution in [2.45, 2.75) is 6.04 Å². The van der Waals surface area contributed by atoms with Crippen LogP contribution in [0.4, 0.5) is 20.2 Å². The van der Waals surface area contributed by atoms with E-state index in [4.69, 9.17) is 5.73 Å². The van der Waals surface area contributed by atoms with Crippen molar-refractivity contribution in [1.29, 1.82) is 0 Å². The SMILES string of the molecule is Nc1ccc(F)c(F)c1NC(CO)c1ccccc1. The summed E-state index contributed by atoms with van der Waals surface area (Å²) >= 11 is 0. The summed E-state index contributed by atoms with van der Waals surface area (Å²) in [7, 11) is 0. The van der Waals surface area contributed by atoms with E-state index >= 15 is 0 Å². The predicted molar refractivity (Wildman–Crippen MR) is 70.7 cm³/mol. The van der Waals surface area contributed by atoms with Crippen LogP contribution in [-0.4, -0.2) is 11.7 Å². The fourth-order valence-electron chi connectivity index (χ4n) is 1.81. The lowest BCUT2D eigenvalue weighted by atomic mass is 10.1. The maximum absolute atomic E-state index is 13.7. The molecule has 0 aromatic heterocycles. The van der Waals surface area contributed by atoms with E-state index in [1.54, 1.807) is 24.3 Å². The summed E-state index contributed by atoms with van der Waals surface area (Å²) in [5.74, 6) is -2.03. The van der Waals surface area contributed by atoms with E-state index in [1.807, 2.05) is 6.07 Å². The fraction of sp³-hybridized carbons (Fsp3) is 0.143. The van der Waals surface area contributed by atoms with Crippen molar-refractivity contribution in [3.8, 4) is 0 Å². The van der Waals surface area contributed by atoms with Crippen molar-refractivity contribution < 1.29 is 13.9 Å². The Hall–Kier alpha value is -2.14. The Morgan fingerprint density at radius 2 is 1.79 bits per heavy atom. The standard InChI is InChI=1S/C14H14F2N2O/c15-10-6-7-11(17)14(13(10)16)18-12(8-19)9-4-2-1-3-5-9/h1-7,12,18-19H,8,17H2. The van der Waals surface area contributed by atoms with Gasteiger partial charge in [0.05, 0.1) is 24.0 Å². The molecule has 3 nitrogen and oxygen atoms in total. The van der Waals surface area contributed by atoms with Gasteiger partial charge >= 0.3 is 0 Å². The highest BCUT2D eigenvalue weighted by atomic mass is 19.2. The molecule has 0 saturated carbocycles. The molecule has 0 radical (unpaired) electrons. The highest BCUT2D eigenvalue weighted by Crippen LogP contribution is 2.28. The lowest BCUT2D eigenvalue weighted by Gasteiger charge is -2.19. The number of halogens is 2. The van der Waals surface area contributed by atoms with Gasteiger partial charge in [0.25, 0.3) is 0 Å². The molecule has 5 heteroatoms. The summed E-state index contributed by atoms with van der Waals surface area (Å²) in [4.78, 5) is 0. The van der Waals surface area contributed by atoms with Crippen LogP contribution in [0.2, 0.25) is 0 Å². The van der Waals surface area contributed by atoms with Gasteiger partial charge in [-0.05, 0) is 17.7 Å². The van der Waals surface area contributed by atoms with Gasteiger partial charge in [0.1, 0.15) is 0 Å². The molecule has 2 aromatic carbocycles. The first kappa shape index (κ1) is 13.3. The van der Waals surface area contributed by atoms with E-state index in [0.29, 0.717) is 0 Å². The molecule has 0 spiro atoms. The number of aliphatic hydroxyl groups is 1. The molecule has 2 aromatic rings. The van der Waals surface area contributed by atoms with Crippen LogP contribution in [0, 0.1) is 11.6 Å². The van der Waals surface area contributed by atoms with Gasteiger partial charge in [-0.1, -0.05) is 30.3 Å². The van der Waals surface area contributed by atoms with Crippen LogP contribution >= 0.6 is 0 Å². The number of benzene rings is 2. The maximum Gasteiger partial charge on any atom is 0.183 e. The van der Waals surface area contributed by atoms with Gasteiger partial charge in [-0.3, -0.25) is 0 Å². The molecule has 0 fully saturated rings. The molecule has 1 unspecified atom stereocenters. The number of anilines is 2. The molecule has 4 N–H and O–H groups in total. The molecule has 100 valence electrons. The van der Waals surface area contributed by atoms with Crippen molar-refractivity contribution in [1.82, 2.24) is 0 Å². The maximum atomic E-state index is 13.7. The second-order valence-electron chi connectivity index (χ2n) is 4.12. The van der Waals surface area contributed by atoms with E-state index in [1.165, 1.54) is 6.07 Å². The summed E-state index contributed by atoms with van der Waals surface area (Å²) in [6.45, 7) is -0.264. The van der Waals surface area contributed by atoms with E-state index in [-0.39, 0.29) is 18.0 Å². The first-order valence-electron chi connectivity index (χ1n) is 5.79. The van der Waals surface area contributed by atoms with Gasteiger partial charge < -0.3 is 16.2 Å². The van der Waals surface area contributed by atoms with Crippen LogP contribution in [0.15, 0.2) is 42.5 Å². The summed E-state index contributed by atoms with van der Waals surface area (Å²) in [6.07, 6.45) is 0. The average Bonchev–Trinajstić information content (AvgIpc) is 2.44. The Morgan fingerprint density at radius 3 is 2.42 bits per heavy atom. The van der Waals surface area contributed by atoms with Gasteiger partial charge in [0, 0.05) is 0 Å². The van der Waals surface area contributed by atoms with Crippen LogP contribution < -0.4 is 11.1 Å². The number of aliphatic hydroxyl groups excluding tert-OH is 1. The van der Waals surface area contributed by atoms with Crippen LogP contribution in [-0.2, 0) is 0 Å². The van der Waals surface area contributed by atoms with Gasteiger partial charge in [-0.2, -0.15) is 0 Å². The molecule has 0 saturated heterocycles. The Kier molecular flexibility index (Phi) is 3.97. The average molecular weight is 264 g/mol. The second-order valence-corrected chi connectivity index (χ2v) is 4.12. The van der Waals surface area contributed by atoms with E-state index < -0.39 is 17.7 Å². The minimum absolute atomic E-state index is 0.0910. The molecule has 0 aliphatic rings. The van der Waals surface area contributed by atoms with E-state index in [2.05, 4.69) is 5.32 Å². The monoisotopic (exact) mass is 264 g/mol. The summed E-state index contributed by atoms with van der Waals surface area (Å²) in [6, 6.07) is 10.7. The largest absolute Gasteiger partial charge is 0.397 e. The van der Waals surface area contributed by atoms with E-state index in [0.717, 1.165) is 11.6 Å². The Bertz CT molecular complexity index is 561. The third-order valence-electron chi connectivity index (χ3n) is 2.83. The molecule has 0 aliphatic heterocycles. The second kappa shape index (κ2) is 5.67. The lowest BCUT2D eigenvalue weighted by Crippen LogP contribution is -2.17. The van der Waals surface area contributed by atoms with Crippen molar-refractivity contribution in [2.75, 3.05) is 17.7 Å². The zero-order valence-electron chi connectivity index (χ0n) is 10.1. The van der Waals surface area contributed by atoms with Crippen molar-refractivity contribution in [3.63, 3.8) is 0 Å². The minimum atomic E-state index is -1.05. The fourth-order valence-corrected chi connectivity index (χ4v) is 1.81. The van der Waals surface area contributed by atoms with Crippen LogP contribution in [0.1, 0.15) is 11.6 Å². The lowest BCUT2D eigenvalue weighted by molar-refractivity contribution is 0.276. The Labute approximate surface area is 109 Å². The highest BCUT2D eigenvalue weighted by Gasteiger charge is 2.17. The summed E-state index contributed by atoms with van der Waals surface area (Å²) in [5, 5.41) is 12.1. The number of nitrogens with one attached hydrogen (secondary N) is 1. The van der Waals surface area contributed by atoms with Crippen molar-refractivity contribution >= 4 is 11.4 Å². The minimum Gasteiger partial charge on any atom is -0.397 e. The quantitative estimate of drug-likeness (QED) is 0.744. The molecule has 1 atom stereocenters. The van der Waals surface area contributed by atoms with Crippen LogP contribution in [0.3, 0.4) is 0 Å². The Morgan fingerprint density at radius 1 is 1.11 bits per heavy atom. The topological polar surface area (TPSA) is 58.3 Å². The number of nitrogen functional groups attached to an aromatic ring is 1.